The van der Waals surface area contributed by atoms with Crippen LogP contribution in [0.15, 0.2) is 0 Å². The number of nitro groups is 1. The average molecular weight is 324 g/mol. The Morgan fingerprint density at radius 2 is 1.33 bits per heavy atom. The van der Waals surface area contributed by atoms with Gasteiger partial charge in [-0.05, 0) is 6.42 Å². The third kappa shape index (κ3) is 14.3. The van der Waals surface area contributed by atoms with Crippen LogP contribution in [0.25, 0.3) is 0 Å². The third-order valence-corrected chi connectivity index (χ3v) is 2.87. The summed E-state index contributed by atoms with van der Waals surface area (Å²) < 4.78 is 0. The second-order valence-corrected chi connectivity index (χ2v) is 4.86. The van der Waals surface area contributed by atoms with Crippen molar-refractivity contribution in [1.82, 2.24) is 0 Å². The molecule has 24 heavy (non-hydrogen) atoms. The molecule has 0 amide bonds. The summed E-state index contributed by atoms with van der Waals surface area (Å²) in [5.41, 5.74) is 0. The minimum atomic E-state index is -1.28. The minimum Gasteiger partial charge on any atom is -0.283 e. The van der Waals surface area contributed by atoms with E-state index >= 15 is 0 Å². The fourth-order valence-electron chi connectivity index (χ4n) is 1.56. The van der Waals surface area contributed by atoms with E-state index in [1.165, 1.54) is 19.1 Å². The quantitative estimate of drug-likeness (QED) is 0.312. The van der Waals surface area contributed by atoms with E-state index < -0.39 is 11.0 Å². The van der Waals surface area contributed by atoms with Gasteiger partial charge in [0.15, 0.2) is 0 Å². The molecule has 0 N–H and O–H groups in total. The van der Waals surface area contributed by atoms with Gasteiger partial charge in [-0.2, -0.15) is 0 Å². The number of unbranched alkanes of at least 4 members (excludes halogenated alkanes) is 3. The summed E-state index contributed by atoms with van der Waals surface area (Å²) in [6.07, 6.45) is 7.77. The van der Waals surface area contributed by atoms with Crippen molar-refractivity contribution in [3.63, 3.8) is 0 Å². The first-order valence-corrected chi connectivity index (χ1v) is 8.06. The number of hydrogen-bond acceptors (Lipinski definition) is 3. The second-order valence-electron chi connectivity index (χ2n) is 4.86. The van der Waals surface area contributed by atoms with Gasteiger partial charge in [-0.25, -0.2) is 0 Å². The Morgan fingerprint density at radius 1 is 0.833 bits per heavy atom. The van der Waals surface area contributed by atoms with Gasteiger partial charge >= 0.3 is 0 Å². The first-order chi connectivity index (χ1) is 11.7. The van der Waals surface area contributed by atoms with E-state index in [0.29, 0.717) is 25.7 Å². The Morgan fingerprint density at radius 3 is 1.79 bits per heavy atom. The van der Waals surface area contributed by atoms with E-state index in [4.69, 9.17) is 0 Å². The van der Waals surface area contributed by atoms with Crippen molar-refractivity contribution in [3.05, 3.63) is 10.1 Å². The van der Waals surface area contributed by atoms with Gasteiger partial charge in [0.2, 0.25) is 0 Å². The fourth-order valence-corrected chi connectivity index (χ4v) is 1.56. The van der Waals surface area contributed by atoms with Crippen LogP contribution in [-0.4, -0.2) is 17.3 Å². The summed E-state index contributed by atoms with van der Waals surface area (Å²) in [5, 5.41) is 10.4. The molecule has 0 spiro atoms. The Kier molecular flexibility index (Phi) is 14.8. The zero-order valence-electron chi connectivity index (χ0n) is 14.1. The van der Waals surface area contributed by atoms with Gasteiger partial charge < -0.3 is 0 Å². The van der Waals surface area contributed by atoms with Gasteiger partial charge in [-0.15, -0.1) is 11.8 Å². The highest BCUT2D eigenvalue weighted by atomic mass is 16.6. The summed E-state index contributed by atoms with van der Waals surface area (Å²) in [5.74, 6) is 23.3. The predicted octanol–water partition coefficient (Wildman–Crippen LogP) is 3.29. The molecular formula is C20H22NO3. The number of hydrogen-bond donors (Lipinski definition) is 0. The van der Waals surface area contributed by atoms with Crippen molar-refractivity contribution < 1.29 is 9.72 Å². The van der Waals surface area contributed by atoms with Gasteiger partial charge in [0, 0.05) is 24.2 Å². The Bertz CT molecular complexity index is 621. The summed E-state index contributed by atoms with van der Waals surface area (Å²) in [6.45, 7) is 2.17. The molecule has 4 heteroatoms. The van der Waals surface area contributed by atoms with Crippen LogP contribution in [0.4, 0.5) is 0 Å². The number of rotatable bonds is 7. The highest BCUT2D eigenvalue weighted by Crippen LogP contribution is 1.97. The number of nitrogens with zero attached hydrogens (tertiary/aromatic N) is 1. The van der Waals surface area contributed by atoms with E-state index in [9.17, 15) is 14.9 Å². The zero-order valence-corrected chi connectivity index (χ0v) is 14.1. The molecule has 0 aliphatic rings. The molecule has 125 valence electrons. The molecule has 0 aliphatic heterocycles. The molecule has 0 rings (SSSR count). The standard InChI is InChI=1S/C20H22NO3/c1-2-3-4-5-6-7-8-9-10-11-12-13-14-15-16-17-18-20(19-22)21(23)24/h20H,2-5,8,11,14,17-18H2,1H3. The highest BCUT2D eigenvalue weighted by molar-refractivity contribution is 5.56. The Hall–Kier alpha value is -2.69. The summed E-state index contributed by atoms with van der Waals surface area (Å²) in [4.78, 5) is 20.0. The van der Waals surface area contributed by atoms with E-state index in [-0.39, 0.29) is 6.42 Å². The fraction of sp³-hybridized carbons (Fsp3) is 0.550. The molecule has 0 bridgehead atoms. The molecule has 0 saturated carbocycles. The molecule has 1 unspecified atom stereocenters. The Balaban J connectivity index is 3.76. The number of carbonyl (C=O) groups excluding carboxylic acids is 1. The van der Waals surface area contributed by atoms with Crippen LogP contribution in [0.5, 0.6) is 0 Å². The minimum absolute atomic E-state index is 0.0852. The average Bonchev–Trinajstić information content (AvgIpc) is 2.57. The maximum atomic E-state index is 10.4. The van der Waals surface area contributed by atoms with Crippen LogP contribution in [0.3, 0.4) is 0 Å². The van der Waals surface area contributed by atoms with E-state index in [0.717, 1.165) is 12.8 Å². The van der Waals surface area contributed by atoms with Crippen molar-refractivity contribution in [1.29, 1.82) is 0 Å². The SMILES string of the molecule is CCCCCC#CCC#CCC#CCC#CCCC([C]=O)[N+](=O)[O-]. The monoisotopic (exact) mass is 324 g/mol. The van der Waals surface area contributed by atoms with Crippen LogP contribution in [0.2, 0.25) is 0 Å². The molecule has 1 atom stereocenters. The molecule has 0 fully saturated rings. The van der Waals surface area contributed by atoms with Crippen molar-refractivity contribution in [3.8, 4) is 47.4 Å². The lowest BCUT2D eigenvalue weighted by atomic mass is 10.2. The third-order valence-electron chi connectivity index (χ3n) is 2.87. The lowest BCUT2D eigenvalue weighted by Crippen LogP contribution is -2.20. The summed E-state index contributed by atoms with van der Waals surface area (Å²) >= 11 is 0. The van der Waals surface area contributed by atoms with Crippen LogP contribution >= 0.6 is 0 Å². The van der Waals surface area contributed by atoms with E-state index in [2.05, 4.69) is 54.3 Å². The van der Waals surface area contributed by atoms with Crippen molar-refractivity contribution in [2.24, 2.45) is 0 Å². The summed E-state index contributed by atoms with van der Waals surface area (Å²) in [7, 11) is 0. The van der Waals surface area contributed by atoms with Crippen molar-refractivity contribution in [2.45, 2.75) is 70.8 Å². The molecule has 0 aromatic rings. The molecule has 1 radical (unpaired) electrons. The van der Waals surface area contributed by atoms with Crippen LogP contribution in [-0.2, 0) is 4.79 Å². The molecule has 0 aliphatic carbocycles. The molecule has 0 heterocycles. The van der Waals surface area contributed by atoms with Crippen LogP contribution in [0, 0.1) is 57.5 Å². The lowest BCUT2D eigenvalue weighted by molar-refractivity contribution is -0.503. The highest BCUT2D eigenvalue weighted by Gasteiger charge is 2.18. The van der Waals surface area contributed by atoms with E-state index in [1.807, 2.05) is 0 Å². The molecule has 0 aromatic carbocycles. The largest absolute Gasteiger partial charge is 0.283 e. The van der Waals surface area contributed by atoms with E-state index in [1.54, 1.807) is 0 Å². The van der Waals surface area contributed by atoms with Gasteiger partial charge in [-0.3, -0.25) is 14.9 Å². The van der Waals surface area contributed by atoms with Crippen LogP contribution in [0.1, 0.15) is 64.7 Å². The molecular weight excluding hydrogens is 302 g/mol. The smallest absolute Gasteiger partial charge is 0.279 e. The van der Waals surface area contributed by atoms with Crippen molar-refractivity contribution >= 4 is 6.29 Å². The Labute approximate surface area is 144 Å². The molecule has 0 aromatic heterocycles. The maximum absolute atomic E-state index is 10.4. The van der Waals surface area contributed by atoms with Gasteiger partial charge in [-0.1, -0.05) is 55.3 Å². The first-order valence-electron chi connectivity index (χ1n) is 8.06. The zero-order chi connectivity index (χ0) is 17.9. The normalized spacial score (nSPS) is 9.54. The second kappa shape index (κ2) is 16.7. The maximum Gasteiger partial charge on any atom is 0.279 e. The lowest BCUT2D eigenvalue weighted by Gasteiger charge is -1.95. The topological polar surface area (TPSA) is 60.2 Å². The molecule has 4 nitrogen and oxygen atoms in total. The van der Waals surface area contributed by atoms with Gasteiger partial charge in [0.25, 0.3) is 12.3 Å². The first kappa shape index (κ1) is 21.3. The van der Waals surface area contributed by atoms with Crippen molar-refractivity contribution in [2.75, 3.05) is 0 Å². The predicted molar refractivity (Wildman–Crippen MR) is 94.8 cm³/mol. The molecule has 0 saturated heterocycles. The summed E-state index contributed by atoms with van der Waals surface area (Å²) in [6, 6.07) is -1.28. The van der Waals surface area contributed by atoms with Crippen LogP contribution < -0.4 is 0 Å². The van der Waals surface area contributed by atoms with Gasteiger partial charge in [0.1, 0.15) is 0 Å². The van der Waals surface area contributed by atoms with Gasteiger partial charge in [0.05, 0.1) is 19.3 Å².